The maximum absolute atomic E-state index is 9.68. The van der Waals surface area contributed by atoms with Crippen molar-refractivity contribution in [1.29, 1.82) is 0 Å². The van der Waals surface area contributed by atoms with Crippen molar-refractivity contribution in [3.63, 3.8) is 0 Å². The van der Waals surface area contributed by atoms with Crippen molar-refractivity contribution in [3.05, 3.63) is 11.6 Å². The summed E-state index contributed by atoms with van der Waals surface area (Å²) in [6.45, 7) is 6.94. The molecule has 0 aromatic heterocycles. The average molecular weight is 180 g/mol. The first kappa shape index (κ1) is 9.26. The summed E-state index contributed by atoms with van der Waals surface area (Å²) in [6, 6.07) is 0. The molecule has 0 saturated heterocycles. The van der Waals surface area contributed by atoms with Crippen molar-refractivity contribution in [2.75, 3.05) is 0 Å². The fourth-order valence-electron chi connectivity index (χ4n) is 3.36. The molecule has 0 bridgehead atoms. The van der Waals surface area contributed by atoms with Gasteiger partial charge in [-0.15, -0.1) is 0 Å². The van der Waals surface area contributed by atoms with Crippen molar-refractivity contribution in [2.45, 2.75) is 52.6 Å². The van der Waals surface area contributed by atoms with Crippen molar-refractivity contribution >= 4 is 0 Å². The third kappa shape index (κ3) is 1.34. The molecule has 0 aromatic rings. The molecule has 2 aliphatic rings. The van der Waals surface area contributed by atoms with Crippen molar-refractivity contribution in [3.8, 4) is 0 Å². The first-order valence-corrected chi connectivity index (χ1v) is 5.35. The number of allylic oxidation sites excluding steroid dienone is 1. The van der Waals surface area contributed by atoms with Gasteiger partial charge in [0.25, 0.3) is 0 Å². The molecule has 2 aliphatic carbocycles. The van der Waals surface area contributed by atoms with Crippen molar-refractivity contribution in [2.24, 2.45) is 10.8 Å². The highest BCUT2D eigenvalue weighted by Crippen LogP contribution is 2.55. The van der Waals surface area contributed by atoms with E-state index in [4.69, 9.17) is 0 Å². The second-order valence-electron chi connectivity index (χ2n) is 5.65. The molecule has 0 aromatic carbocycles. The molecule has 74 valence electrons. The van der Waals surface area contributed by atoms with Crippen LogP contribution in [-0.2, 0) is 0 Å². The molecule has 1 heteroatoms. The third-order valence-corrected chi connectivity index (χ3v) is 3.93. The Labute approximate surface area is 80.8 Å². The summed E-state index contributed by atoms with van der Waals surface area (Å²) in [6.07, 6.45) is 6.73. The maximum atomic E-state index is 9.68. The van der Waals surface area contributed by atoms with Gasteiger partial charge in [-0.25, -0.2) is 0 Å². The van der Waals surface area contributed by atoms with Crippen LogP contribution in [0.4, 0.5) is 0 Å². The summed E-state index contributed by atoms with van der Waals surface area (Å²) in [5.74, 6) is 0. The number of aliphatic hydroxyl groups is 1. The van der Waals surface area contributed by atoms with Crippen molar-refractivity contribution < 1.29 is 5.11 Å². The van der Waals surface area contributed by atoms with E-state index in [0.717, 1.165) is 6.42 Å². The fourth-order valence-corrected chi connectivity index (χ4v) is 3.36. The van der Waals surface area contributed by atoms with E-state index >= 15 is 0 Å². The van der Waals surface area contributed by atoms with Crippen LogP contribution in [0.1, 0.15) is 46.5 Å². The highest BCUT2D eigenvalue weighted by atomic mass is 16.3. The Kier molecular flexibility index (Phi) is 1.85. The standard InChI is InChI=1S/C12H20O/c1-11(2)5-4-6-12(3)8-9(13)7-10(11)12/h7,9,13H,4-6,8H2,1-3H3. The molecule has 13 heavy (non-hydrogen) atoms. The van der Waals surface area contributed by atoms with Gasteiger partial charge in [0.1, 0.15) is 0 Å². The van der Waals surface area contributed by atoms with E-state index in [2.05, 4.69) is 26.8 Å². The van der Waals surface area contributed by atoms with Gasteiger partial charge < -0.3 is 5.11 Å². The first-order chi connectivity index (χ1) is 5.94. The molecule has 0 radical (unpaired) electrons. The van der Waals surface area contributed by atoms with Gasteiger partial charge in [0.15, 0.2) is 0 Å². The summed E-state index contributed by atoms with van der Waals surface area (Å²) < 4.78 is 0. The summed E-state index contributed by atoms with van der Waals surface area (Å²) in [5.41, 5.74) is 2.14. The van der Waals surface area contributed by atoms with Gasteiger partial charge in [0.2, 0.25) is 0 Å². The lowest BCUT2D eigenvalue weighted by atomic mass is 9.62. The van der Waals surface area contributed by atoms with E-state index < -0.39 is 0 Å². The minimum Gasteiger partial charge on any atom is -0.389 e. The van der Waals surface area contributed by atoms with Crippen LogP contribution in [0.15, 0.2) is 11.6 Å². The molecule has 0 spiro atoms. The van der Waals surface area contributed by atoms with Gasteiger partial charge in [0, 0.05) is 0 Å². The van der Waals surface area contributed by atoms with Gasteiger partial charge in [0.05, 0.1) is 6.10 Å². The van der Waals surface area contributed by atoms with Crippen LogP contribution in [0, 0.1) is 10.8 Å². The molecule has 1 saturated carbocycles. The zero-order valence-corrected chi connectivity index (χ0v) is 8.93. The predicted molar refractivity (Wildman–Crippen MR) is 54.4 cm³/mol. The summed E-state index contributed by atoms with van der Waals surface area (Å²) in [5, 5.41) is 9.68. The first-order valence-electron chi connectivity index (χ1n) is 5.35. The fraction of sp³-hybridized carbons (Fsp3) is 0.833. The number of fused-ring (bicyclic) bond motifs is 1. The second-order valence-corrected chi connectivity index (χ2v) is 5.65. The Bertz CT molecular complexity index is 252. The Morgan fingerprint density at radius 3 is 2.62 bits per heavy atom. The number of aliphatic hydroxyl groups excluding tert-OH is 1. The van der Waals surface area contributed by atoms with E-state index in [1.54, 1.807) is 0 Å². The van der Waals surface area contributed by atoms with Gasteiger partial charge >= 0.3 is 0 Å². The largest absolute Gasteiger partial charge is 0.389 e. The number of hydrogen-bond donors (Lipinski definition) is 1. The molecule has 2 unspecified atom stereocenters. The van der Waals surface area contributed by atoms with Crippen LogP contribution in [0.2, 0.25) is 0 Å². The van der Waals surface area contributed by atoms with Gasteiger partial charge in [-0.2, -0.15) is 0 Å². The third-order valence-electron chi connectivity index (χ3n) is 3.93. The van der Waals surface area contributed by atoms with Gasteiger partial charge in [-0.3, -0.25) is 0 Å². The Morgan fingerprint density at radius 2 is 2.00 bits per heavy atom. The van der Waals surface area contributed by atoms with Crippen LogP contribution < -0.4 is 0 Å². The minimum absolute atomic E-state index is 0.183. The zero-order valence-electron chi connectivity index (χ0n) is 8.93. The van der Waals surface area contributed by atoms with E-state index in [9.17, 15) is 5.11 Å². The quantitative estimate of drug-likeness (QED) is 0.568. The van der Waals surface area contributed by atoms with E-state index in [1.807, 2.05) is 0 Å². The molecule has 1 fully saturated rings. The molecule has 0 aliphatic heterocycles. The molecule has 2 atom stereocenters. The van der Waals surface area contributed by atoms with E-state index in [1.165, 1.54) is 24.8 Å². The van der Waals surface area contributed by atoms with Crippen LogP contribution >= 0.6 is 0 Å². The van der Waals surface area contributed by atoms with Crippen LogP contribution in [0.25, 0.3) is 0 Å². The molecular weight excluding hydrogens is 160 g/mol. The summed E-state index contributed by atoms with van der Waals surface area (Å²) in [4.78, 5) is 0. The zero-order chi connectivity index (χ0) is 9.69. The minimum atomic E-state index is -0.183. The lowest BCUT2D eigenvalue weighted by molar-refractivity contribution is 0.148. The second kappa shape index (κ2) is 2.60. The van der Waals surface area contributed by atoms with E-state index in [0.29, 0.717) is 10.8 Å². The molecular formula is C12H20O. The number of hydrogen-bond acceptors (Lipinski definition) is 1. The highest BCUT2D eigenvalue weighted by Gasteiger charge is 2.45. The topological polar surface area (TPSA) is 20.2 Å². The molecule has 0 amide bonds. The van der Waals surface area contributed by atoms with Gasteiger partial charge in [-0.05, 0) is 30.1 Å². The van der Waals surface area contributed by atoms with Crippen molar-refractivity contribution in [1.82, 2.24) is 0 Å². The number of rotatable bonds is 0. The Hall–Kier alpha value is -0.300. The summed E-state index contributed by atoms with van der Waals surface area (Å²) in [7, 11) is 0. The normalized spacial score (nSPS) is 42.8. The van der Waals surface area contributed by atoms with Gasteiger partial charge in [-0.1, -0.05) is 38.8 Å². The lowest BCUT2D eigenvalue weighted by Crippen LogP contribution is -2.32. The Balaban J connectivity index is 2.37. The summed E-state index contributed by atoms with van der Waals surface area (Å²) >= 11 is 0. The predicted octanol–water partition coefficient (Wildman–Crippen LogP) is 2.89. The van der Waals surface area contributed by atoms with Crippen LogP contribution in [0.5, 0.6) is 0 Å². The molecule has 0 heterocycles. The lowest BCUT2D eigenvalue weighted by Gasteiger charge is -2.43. The SMILES string of the molecule is CC1(C)CCCC2(C)CC(O)C=C12. The molecule has 1 nitrogen and oxygen atoms in total. The molecule has 1 N–H and O–H groups in total. The molecule has 2 rings (SSSR count). The van der Waals surface area contributed by atoms with Crippen LogP contribution in [0.3, 0.4) is 0 Å². The monoisotopic (exact) mass is 180 g/mol. The maximum Gasteiger partial charge on any atom is 0.0732 e. The smallest absolute Gasteiger partial charge is 0.0732 e. The highest BCUT2D eigenvalue weighted by molar-refractivity contribution is 5.29. The van der Waals surface area contributed by atoms with Crippen LogP contribution in [-0.4, -0.2) is 11.2 Å². The van der Waals surface area contributed by atoms with E-state index in [-0.39, 0.29) is 6.10 Å². The Morgan fingerprint density at radius 1 is 1.31 bits per heavy atom. The average Bonchev–Trinajstić information content (AvgIpc) is 2.25.